The van der Waals surface area contributed by atoms with Gasteiger partial charge in [-0.05, 0) is 55.7 Å². The first-order valence-electron chi connectivity index (χ1n) is 8.24. The van der Waals surface area contributed by atoms with Crippen LogP contribution in [-0.2, 0) is 13.7 Å². The van der Waals surface area contributed by atoms with E-state index in [1.807, 2.05) is 40.6 Å². The standard InChI is InChI=1S/C17H23ClN4S/c1-3-15-6-4-5-11-21(15)12-22-17(23)20(2)16(19-22)13-7-9-14(18)10-8-13/h7-10,15H,3-6,11-12H2,1-2H3/t15-/m1/s1. The Hall–Kier alpha value is -1.17. The molecule has 1 saturated heterocycles. The summed E-state index contributed by atoms with van der Waals surface area (Å²) in [6.45, 7) is 4.17. The van der Waals surface area contributed by atoms with E-state index in [1.165, 1.54) is 25.7 Å². The van der Waals surface area contributed by atoms with Crippen LogP contribution in [0.1, 0.15) is 32.6 Å². The van der Waals surface area contributed by atoms with Crippen molar-refractivity contribution in [3.63, 3.8) is 0 Å². The van der Waals surface area contributed by atoms with Crippen LogP contribution in [0.25, 0.3) is 11.4 Å². The molecule has 0 N–H and O–H groups in total. The second-order valence-electron chi connectivity index (χ2n) is 6.18. The van der Waals surface area contributed by atoms with Gasteiger partial charge in [-0.2, -0.15) is 5.10 Å². The average molecular weight is 351 g/mol. The van der Waals surface area contributed by atoms with Crippen LogP contribution in [0.5, 0.6) is 0 Å². The number of hydrogen-bond donors (Lipinski definition) is 0. The van der Waals surface area contributed by atoms with Crippen molar-refractivity contribution in [3.8, 4) is 11.4 Å². The molecule has 0 amide bonds. The predicted molar refractivity (Wildman–Crippen MR) is 97.1 cm³/mol. The van der Waals surface area contributed by atoms with Crippen molar-refractivity contribution in [2.24, 2.45) is 7.05 Å². The van der Waals surface area contributed by atoms with Crippen LogP contribution in [0.2, 0.25) is 5.02 Å². The van der Waals surface area contributed by atoms with Crippen molar-refractivity contribution in [2.75, 3.05) is 6.54 Å². The van der Waals surface area contributed by atoms with Gasteiger partial charge in [0.15, 0.2) is 10.6 Å². The molecular weight excluding hydrogens is 328 g/mol. The molecule has 4 nitrogen and oxygen atoms in total. The smallest absolute Gasteiger partial charge is 0.199 e. The second kappa shape index (κ2) is 7.16. The molecular formula is C17H23ClN4S. The van der Waals surface area contributed by atoms with E-state index in [-0.39, 0.29) is 0 Å². The normalized spacial score (nSPS) is 19.2. The molecule has 3 rings (SSSR count). The van der Waals surface area contributed by atoms with E-state index in [0.717, 1.165) is 34.4 Å². The summed E-state index contributed by atoms with van der Waals surface area (Å²) >= 11 is 11.6. The predicted octanol–water partition coefficient (Wildman–Crippen LogP) is 4.49. The van der Waals surface area contributed by atoms with Gasteiger partial charge in [0.1, 0.15) is 0 Å². The zero-order chi connectivity index (χ0) is 16.4. The van der Waals surface area contributed by atoms with Gasteiger partial charge >= 0.3 is 0 Å². The number of aromatic nitrogens is 3. The molecule has 23 heavy (non-hydrogen) atoms. The van der Waals surface area contributed by atoms with Crippen LogP contribution < -0.4 is 0 Å². The van der Waals surface area contributed by atoms with Gasteiger partial charge in [0, 0.05) is 30.2 Å². The Balaban J connectivity index is 1.87. The molecule has 2 aromatic rings. The number of halogens is 1. The lowest BCUT2D eigenvalue weighted by Gasteiger charge is -2.34. The van der Waals surface area contributed by atoms with Gasteiger partial charge in [-0.3, -0.25) is 4.90 Å². The molecule has 1 fully saturated rings. The largest absolute Gasteiger partial charge is 0.303 e. The van der Waals surface area contributed by atoms with Gasteiger partial charge in [0.05, 0.1) is 6.67 Å². The maximum absolute atomic E-state index is 5.98. The molecule has 1 aliphatic rings. The summed E-state index contributed by atoms with van der Waals surface area (Å²) in [6.07, 6.45) is 5.06. The molecule has 0 spiro atoms. The van der Waals surface area contributed by atoms with E-state index in [2.05, 4.69) is 11.8 Å². The Morgan fingerprint density at radius 1 is 1.26 bits per heavy atom. The Morgan fingerprint density at radius 3 is 2.70 bits per heavy atom. The van der Waals surface area contributed by atoms with Crippen LogP contribution in [0.4, 0.5) is 0 Å². The van der Waals surface area contributed by atoms with Crippen molar-refractivity contribution >= 4 is 23.8 Å². The van der Waals surface area contributed by atoms with Crippen LogP contribution >= 0.6 is 23.8 Å². The highest BCUT2D eigenvalue weighted by Gasteiger charge is 2.22. The van der Waals surface area contributed by atoms with E-state index >= 15 is 0 Å². The Bertz CT molecular complexity index is 719. The molecule has 0 bridgehead atoms. The Kier molecular flexibility index (Phi) is 5.19. The van der Waals surface area contributed by atoms with E-state index < -0.39 is 0 Å². The lowest BCUT2D eigenvalue weighted by Crippen LogP contribution is -2.40. The first-order chi connectivity index (χ1) is 11.1. The second-order valence-corrected chi connectivity index (χ2v) is 6.98. The summed E-state index contributed by atoms with van der Waals surface area (Å²) < 4.78 is 4.69. The van der Waals surface area contributed by atoms with Gasteiger partial charge in [0.2, 0.25) is 0 Å². The molecule has 124 valence electrons. The minimum Gasteiger partial charge on any atom is -0.303 e. The molecule has 6 heteroatoms. The monoisotopic (exact) mass is 350 g/mol. The van der Waals surface area contributed by atoms with E-state index in [9.17, 15) is 0 Å². The van der Waals surface area contributed by atoms with Gasteiger partial charge < -0.3 is 4.57 Å². The van der Waals surface area contributed by atoms with Gasteiger partial charge in [-0.1, -0.05) is 24.9 Å². The highest BCUT2D eigenvalue weighted by molar-refractivity contribution is 7.71. The van der Waals surface area contributed by atoms with Crippen molar-refractivity contribution < 1.29 is 0 Å². The van der Waals surface area contributed by atoms with E-state index in [4.69, 9.17) is 28.9 Å². The molecule has 1 aliphatic heterocycles. The summed E-state index contributed by atoms with van der Waals surface area (Å²) in [4.78, 5) is 2.51. The number of likely N-dealkylation sites (tertiary alicyclic amines) is 1. The first-order valence-corrected chi connectivity index (χ1v) is 9.02. The third-order valence-electron chi connectivity index (χ3n) is 4.68. The highest BCUT2D eigenvalue weighted by atomic mass is 35.5. The molecule has 0 aliphatic carbocycles. The quantitative estimate of drug-likeness (QED) is 0.760. The number of piperidine rings is 1. The molecule has 0 unspecified atom stereocenters. The topological polar surface area (TPSA) is 26.0 Å². The minimum atomic E-state index is 0.645. The molecule has 1 aromatic carbocycles. The Morgan fingerprint density at radius 2 is 2.00 bits per heavy atom. The zero-order valence-electron chi connectivity index (χ0n) is 13.7. The van der Waals surface area contributed by atoms with Crippen molar-refractivity contribution in [1.29, 1.82) is 0 Å². The van der Waals surface area contributed by atoms with E-state index in [1.54, 1.807) is 0 Å². The average Bonchev–Trinajstić information content (AvgIpc) is 2.85. The summed E-state index contributed by atoms with van der Waals surface area (Å²) in [5.41, 5.74) is 1.03. The third kappa shape index (κ3) is 3.52. The lowest BCUT2D eigenvalue weighted by atomic mass is 10.0. The molecule has 0 saturated carbocycles. The number of nitrogens with zero attached hydrogens (tertiary/aromatic N) is 4. The molecule has 1 atom stereocenters. The van der Waals surface area contributed by atoms with Crippen LogP contribution in [0, 0.1) is 4.77 Å². The first kappa shape index (κ1) is 16.7. The van der Waals surface area contributed by atoms with Gasteiger partial charge in [-0.25, -0.2) is 4.68 Å². The lowest BCUT2D eigenvalue weighted by molar-refractivity contribution is 0.100. The summed E-state index contributed by atoms with van der Waals surface area (Å²) in [5.74, 6) is 0.886. The third-order valence-corrected chi connectivity index (χ3v) is 5.42. The minimum absolute atomic E-state index is 0.645. The summed E-state index contributed by atoms with van der Waals surface area (Å²) in [6, 6.07) is 8.39. The SMILES string of the molecule is CC[C@@H]1CCCCN1Cn1nc(-c2ccc(Cl)cc2)n(C)c1=S. The van der Waals surface area contributed by atoms with Crippen LogP contribution in [0.3, 0.4) is 0 Å². The van der Waals surface area contributed by atoms with Gasteiger partial charge in [-0.15, -0.1) is 0 Å². The maximum Gasteiger partial charge on any atom is 0.199 e. The van der Waals surface area contributed by atoms with Crippen molar-refractivity contribution in [2.45, 2.75) is 45.3 Å². The summed E-state index contributed by atoms with van der Waals surface area (Å²) in [5, 5.41) is 5.49. The highest BCUT2D eigenvalue weighted by Crippen LogP contribution is 2.22. The van der Waals surface area contributed by atoms with E-state index in [0.29, 0.717) is 6.04 Å². The maximum atomic E-state index is 5.98. The van der Waals surface area contributed by atoms with Crippen molar-refractivity contribution in [1.82, 2.24) is 19.2 Å². The number of rotatable bonds is 4. The zero-order valence-corrected chi connectivity index (χ0v) is 15.3. The molecule has 1 aromatic heterocycles. The van der Waals surface area contributed by atoms with Gasteiger partial charge in [0.25, 0.3) is 0 Å². The molecule has 2 heterocycles. The van der Waals surface area contributed by atoms with Crippen LogP contribution in [0.15, 0.2) is 24.3 Å². The number of benzene rings is 1. The van der Waals surface area contributed by atoms with Crippen LogP contribution in [-0.4, -0.2) is 31.8 Å². The fraction of sp³-hybridized carbons (Fsp3) is 0.529. The molecule has 0 radical (unpaired) electrons. The number of hydrogen-bond acceptors (Lipinski definition) is 3. The fourth-order valence-electron chi connectivity index (χ4n) is 3.31. The fourth-order valence-corrected chi connectivity index (χ4v) is 3.62. The van der Waals surface area contributed by atoms with Crippen molar-refractivity contribution in [3.05, 3.63) is 34.1 Å². The Labute approximate surface area is 147 Å². The summed E-state index contributed by atoms with van der Waals surface area (Å²) in [7, 11) is 1.98.